The van der Waals surface area contributed by atoms with E-state index in [0.29, 0.717) is 18.8 Å². The lowest BCUT2D eigenvalue weighted by atomic mass is 10.1. The molecule has 0 fully saturated rings. The number of nitrogens with zero attached hydrogens (tertiary/aromatic N) is 1. The van der Waals surface area contributed by atoms with E-state index in [1.165, 1.54) is 11.8 Å². The number of carbonyl (C=O) groups is 2. The van der Waals surface area contributed by atoms with Gasteiger partial charge in [0.15, 0.2) is 0 Å². The first-order chi connectivity index (χ1) is 13.0. The minimum atomic E-state index is -0.513. The zero-order valence-corrected chi connectivity index (χ0v) is 17.1. The highest BCUT2D eigenvalue weighted by Crippen LogP contribution is 2.19. The van der Waals surface area contributed by atoms with Crippen molar-refractivity contribution in [3.05, 3.63) is 65.7 Å². The Morgan fingerprint density at radius 2 is 1.85 bits per heavy atom. The molecule has 0 aliphatic carbocycles. The topological polar surface area (TPSA) is 49.4 Å². The minimum absolute atomic E-state index is 0.0375. The monoisotopic (exact) mass is 384 g/mol. The first kappa shape index (κ1) is 21.0. The smallest absolute Gasteiger partial charge is 0.242 e. The maximum atomic E-state index is 13.0. The Bertz CT molecular complexity index is 749. The molecule has 0 saturated heterocycles. The normalized spacial score (nSPS) is 11.7. The quantitative estimate of drug-likeness (QED) is 0.664. The molecule has 27 heavy (non-hydrogen) atoms. The second kappa shape index (κ2) is 10.8. The van der Waals surface area contributed by atoms with Crippen LogP contribution in [0.4, 0.5) is 0 Å². The summed E-state index contributed by atoms with van der Waals surface area (Å²) in [6.45, 7) is 6.88. The number of hydrogen-bond donors (Lipinski definition) is 1. The summed E-state index contributed by atoms with van der Waals surface area (Å²) in [4.78, 5) is 28.1. The molecular formula is C22H28N2O2S. The predicted octanol–water partition coefficient (Wildman–Crippen LogP) is 4.03. The van der Waals surface area contributed by atoms with Crippen molar-refractivity contribution in [1.29, 1.82) is 0 Å². The summed E-state index contributed by atoms with van der Waals surface area (Å²) in [5.74, 6) is 0.161. The van der Waals surface area contributed by atoms with Gasteiger partial charge in [-0.2, -0.15) is 0 Å². The number of thioether (sulfide) groups is 1. The van der Waals surface area contributed by atoms with Crippen molar-refractivity contribution in [2.24, 2.45) is 0 Å². The van der Waals surface area contributed by atoms with Crippen molar-refractivity contribution in [1.82, 2.24) is 10.2 Å². The van der Waals surface area contributed by atoms with Crippen molar-refractivity contribution in [2.45, 2.75) is 44.7 Å². The van der Waals surface area contributed by atoms with Crippen LogP contribution in [0.15, 0.2) is 59.5 Å². The second-order valence-corrected chi connectivity index (χ2v) is 7.63. The van der Waals surface area contributed by atoms with Crippen molar-refractivity contribution >= 4 is 23.6 Å². The van der Waals surface area contributed by atoms with Gasteiger partial charge in [-0.1, -0.05) is 55.0 Å². The van der Waals surface area contributed by atoms with Gasteiger partial charge in [0.05, 0.1) is 5.75 Å². The summed E-state index contributed by atoms with van der Waals surface area (Å²) in [6.07, 6.45) is 0.869. The summed E-state index contributed by atoms with van der Waals surface area (Å²) in [5.41, 5.74) is 2.17. The minimum Gasteiger partial charge on any atom is -0.354 e. The van der Waals surface area contributed by atoms with Gasteiger partial charge < -0.3 is 10.2 Å². The van der Waals surface area contributed by atoms with Crippen molar-refractivity contribution in [3.8, 4) is 0 Å². The van der Waals surface area contributed by atoms with E-state index in [1.807, 2.05) is 62.4 Å². The molecule has 0 aliphatic rings. The molecule has 144 valence electrons. The van der Waals surface area contributed by atoms with Crippen LogP contribution in [0.3, 0.4) is 0 Å². The first-order valence-electron chi connectivity index (χ1n) is 9.31. The Kier molecular flexibility index (Phi) is 8.40. The highest BCUT2D eigenvalue weighted by atomic mass is 32.2. The van der Waals surface area contributed by atoms with Crippen molar-refractivity contribution < 1.29 is 9.59 Å². The van der Waals surface area contributed by atoms with Crippen LogP contribution in [0.2, 0.25) is 0 Å². The van der Waals surface area contributed by atoms with E-state index in [9.17, 15) is 9.59 Å². The van der Waals surface area contributed by atoms with E-state index in [1.54, 1.807) is 11.8 Å². The highest BCUT2D eigenvalue weighted by molar-refractivity contribution is 8.00. The van der Waals surface area contributed by atoms with Gasteiger partial charge in [0.25, 0.3) is 0 Å². The van der Waals surface area contributed by atoms with Gasteiger partial charge in [0.1, 0.15) is 6.04 Å². The molecule has 2 aromatic rings. The molecular weight excluding hydrogens is 356 g/mol. The van der Waals surface area contributed by atoms with Gasteiger partial charge in [-0.25, -0.2) is 0 Å². The summed E-state index contributed by atoms with van der Waals surface area (Å²) < 4.78 is 0. The van der Waals surface area contributed by atoms with E-state index in [4.69, 9.17) is 0 Å². The average molecular weight is 385 g/mol. The number of carbonyl (C=O) groups excluding carboxylic acids is 2. The number of hydrogen-bond acceptors (Lipinski definition) is 3. The Labute approximate surface area is 166 Å². The lowest BCUT2D eigenvalue weighted by molar-refractivity contribution is -0.138. The summed E-state index contributed by atoms with van der Waals surface area (Å²) >= 11 is 1.49. The molecule has 1 atom stereocenters. The molecule has 0 unspecified atom stereocenters. The molecule has 4 nitrogen and oxygen atoms in total. The molecule has 1 N–H and O–H groups in total. The van der Waals surface area contributed by atoms with Crippen LogP contribution in [-0.2, 0) is 16.1 Å². The predicted molar refractivity (Wildman–Crippen MR) is 112 cm³/mol. The lowest BCUT2D eigenvalue weighted by Crippen LogP contribution is -2.48. The Hall–Kier alpha value is -2.27. The maximum absolute atomic E-state index is 13.0. The molecule has 0 saturated carbocycles. The third-order valence-electron chi connectivity index (χ3n) is 4.26. The molecule has 0 heterocycles. The van der Waals surface area contributed by atoms with Crippen LogP contribution in [0, 0.1) is 6.92 Å². The van der Waals surface area contributed by atoms with Gasteiger partial charge in [0.2, 0.25) is 11.8 Å². The molecule has 0 bridgehead atoms. The number of rotatable bonds is 9. The molecule has 0 spiro atoms. The molecule has 0 aliphatic heterocycles. The fourth-order valence-electron chi connectivity index (χ4n) is 2.73. The van der Waals surface area contributed by atoms with Crippen LogP contribution < -0.4 is 5.32 Å². The third kappa shape index (κ3) is 6.75. The molecule has 2 amide bonds. The van der Waals surface area contributed by atoms with Crippen molar-refractivity contribution in [3.63, 3.8) is 0 Å². The zero-order chi connectivity index (χ0) is 19.6. The molecule has 2 aromatic carbocycles. The van der Waals surface area contributed by atoms with E-state index in [-0.39, 0.29) is 11.8 Å². The maximum Gasteiger partial charge on any atom is 0.242 e. The summed E-state index contributed by atoms with van der Waals surface area (Å²) in [5, 5.41) is 2.90. The molecule has 0 aromatic heterocycles. The van der Waals surface area contributed by atoms with Gasteiger partial charge in [-0.05, 0) is 38.0 Å². The van der Waals surface area contributed by atoms with E-state index >= 15 is 0 Å². The zero-order valence-electron chi connectivity index (χ0n) is 16.3. The molecule has 2 rings (SSSR count). The Balaban J connectivity index is 2.11. The van der Waals surface area contributed by atoms with Crippen LogP contribution >= 0.6 is 11.8 Å². The fraction of sp³-hybridized carbons (Fsp3) is 0.364. The van der Waals surface area contributed by atoms with Crippen LogP contribution in [0.5, 0.6) is 0 Å². The number of amides is 2. The van der Waals surface area contributed by atoms with Crippen LogP contribution in [0.1, 0.15) is 31.4 Å². The van der Waals surface area contributed by atoms with Crippen molar-refractivity contribution in [2.75, 3.05) is 12.3 Å². The van der Waals surface area contributed by atoms with Gasteiger partial charge in [-0.15, -0.1) is 11.8 Å². The summed E-state index contributed by atoms with van der Waals surface area (Å²) in [6, 6.07) is 17.4. The van der Waals surface area contributed by atoms with Crippen LogP contribution in [-0.4, -0.2) is 35.1 Å². The Morgan fingerprint density at radius 3 is 2.52 bits per heavy atom. The van der Waals surface area contributed by atoms with Gasteiger partial charge in [0, 0.05) is 18.0 Å². The molecule has 5 heteroatoms. The van der Waals surface area contributed by atoms with E-state index < -0.39 is 6.04 Å². The average Bonchev–Trinajstić information content (AvgIpc) is 2.68. The van der Waals surface area contributed by atoms with E-state index in [0.717, 1.165) is 22.4 Å². The third-order valence-corrected chi connectivity index (χ3v) is 5.25. The van der Waals surface area contributed by atoms with E-state index in [2.05, 4.69) is 11.4 Å². The van der Waals surface area contributed by atoms with Gasteiger partial charge in [-0.3, -0.25) is 9.59 Å². The number of nitrogens with one attached hydrogen (secondary N) is 1. The number of aryl methyl sites for hydroxylation is 1. The number of benzene rings is 2. The first-order valence-corrected chi connectivity index (χ1v) is 10.3. The van der Waals surface area contributed by atoms with Crippen LogP contribution in [0.25, 0.3) is 0 Å². The SMILES string of the molecule is CCCNC(=O)[C@H](C)N(Cc1cccc(C)c1)C(=O)CSc1ccccc1. The largest absolute Gasteiger partial charge is 0.354 e. The Morgan fingerprint density at radius 1 is 1.11 bits per heavy atom. The summed E-state index contributed by atoms with van der Waals surface area (Å²) in [7, 11) is 0. The highest BCUT2D eigenvalue weighted by Gasteiger charge is 2.25. The molecule has 0 radical (unpaired) electrons. The standard InChI is InChI=1S/C22H28N2O2S/c1-4-13-23-22(26)18(3)24(15-19-10-8-9-17(2)14-19)21(25)16-27-20-11-6-5-7-12-20/h5-12,14,18H,4,13,15-16H2,1-3H3,(H,23,26)/t18-/m0/s1. The second-order valence-electron chi connectivity index (χ2n) is 6.58. The van der Waals surface area contributed by atoms with Gasteiger partial charge >= 0.3 is 0 Å². The fourth-order valence-corrected chi connectivity index (χ4v) is 3.54. The lowest BCUT2D eigenvalue weighted by Gasteiger charge is -2.29.